The minimum absolute atomic E-state index is 0.0542. The number of nitrogens with zero attached hydrogens (tertiary/aromatic N) is 3. The second-order valence-electron chi connectivity index (χ2n) is 6.00. The molecule has 26 heavy (non-hydrogen) atoms. The molecular formula is C21H17N3OS. The highest BCUT2D eigenvalue weighted by atomic mass is 32.2. The van der Waals surface area contributed by atoms with Crippen molar-refractivity contribution in [3.05, 3.63) is 94.5 Å². The third-order valence-electron chi connectivity index (χ3n) is 4.08. The lowest BCUT2D eigenvalue weighted by Crippen LogP contribution is -2.21. The van der Waals surface area contributed by atoms with Crippen LogP contribution in [-0.4, -0.2) is 14.5 Å². The van der Waals surface area contributed by atoms with E-state index in [0.29, 0.717) is 21.8 Å². The van der Waals surface area contributed by atoms with Crippen LogP contribution in [0.25, 0.3) is 16.6 Å². The van der Waals surface area contributed by atoms with Gasteiger partial charge in [-0.15, -0.1) is 0 Å². The van der Waals surface area contributed by atoms with E-state index in [1.54, 1.807) is 4.57 Å². The third kappa shape index (κ3) is 3.26. The quantitative estimate of drug-likeness (QED) is 0.401. The molecule has 0 aliphatic rings. The number of rotatable bonds is 4. The number of para-hydroxylation sites is 2. The summed E-state index contributed by atoms with van der Waals surface area (Å²) in [5.74, 6) is 0.652. The highest BCUT2D eigenvalue weighted by molar-refractivity contribution is 7.98. The van der Waals surface area contributed by atoms with Gasteiger partial charge >= 0.3 is 0 Å². The smallest absolute Gasteiger partial charge is 0.266 e. The Bertz CT molecular complexity index is 1120. The molecule has 4 nitrogen and oxygen atoms in total. The van der Waals surface area contributed by atoms with Gasteiger partial charge in [0.25, 0.3) is 5.56 Å². The Kier molecular flexibility index (Phi) is 4.54. The molecule has 0 unspecified atom stereocenters. The summed E-state index contributed by atoms with van der Waals surface area (Å²) >= 11 is 1.52. The van der Waals surface area contributed by atoms with Gasteiger partial charge in [-0.3, -0.25) is 14.3 Å². The molecule has 4 aromatic rings. The third-order valence-corrected chi connectivity index (χ3v) is 5.05. The maximum atomic E-state index is 13.1. The van der Waals surface area contributed by atoms with Gasteiger partial charge in [0.2, 0.25) is 0 Å². The number of aromatic nitrogens is 3. The summed E-state index contributed by atoms with van der Waals surface area (Å²) in [7, 11) is 0. The van der Waals surface area contributed by atoms with Gasteiger partial charge in [0.1, 0.15) is 0 Å². The standard InChI is InChI=1S/C21H17N3OS/c1-15-11-12-22-16(13-15)14-26-21-23-19-10-6-5-9-18(19)20(25)24(21)17-7-3-2-4-8-17/h2-13H,14H2,1H3. The molecule has 0 N–H and O–H groups in total. The number of fused-ring (bicyclic) bond motifs is 1. The Morgan fingerprint density at radius 3 is 2.58 bits per heavy atom. The molecule has 128 valence electrons. The van der Waals surface area contributed by atoms with E-state index in [-0.39, 0.29) is 5.56 Å². The second-order valence-corrected chi connectivity index (χ2v) is 6.94. The number of aryl methyl sites for hydroxylation is 1. The lowest BCUT2D eigenvalue weighted by Gasteiger charge is -2.13. The van der Waals surface area contributed by atoms with Gasteiger partial charge in [-0.1, -0.05) is 42.1 Å². The van der Waals surface area contributed by atoms with E-state index in [1.807, 2.05) is 73.8 Å². The van der Waals surface area contributed by atoms with Crippen LogP contribution in [0.4, 0.5) is 0 Å². The van der Waals surface area contributed by atoms with Crippen molar-refractivity contribution >= 4 is 22.7 Å². The number of pyridine rings is 1. The molecule has 0 aliphatic carbocycles. The molecule has 5 heteroatoms. The average molecular weight is 359 g/mol. The van der Waals surface area contributed by atoms with Crippen molar-refractivity contribution in [3.63, 3.8) is 0 Å². The number of hydrogen-bond donors (Lipinski definition) is 0. The van der Waals surface area contributed by atoms with Gasteiger partial charge in [0.15, 0.2) is 5.16 Å². The Morgan fingerprint density at radius 1 is 1.00 bits per heavy atom. The molecule has 0 spiro atoms. The lowest BCUT2D eigenvalue weighted by molar-refractivity contribution is 0.819. The van der Waals surface area contributed by atoms with Gasteiger partial charge in [0.05, 0.1) is 22.3 Å². The normalized spacial score (nSPS) is 11.0. The summed E-state index contributed by atoms with van der Waals surface area (Å²) in [4.78, 5) is 22.3. The van der Waals surface area contributed by atoms with Crippen molar-refractivity contribution in [2.75, 3.05) is 0 Å². The molecule has 0 radical (unpaired) electrons. The minimum atomic E-state index is -0.0542. The van der Waals surface area contributed by atoms with Crippen LogP contribution in [0.5, 0.6) is 0 Å². The van der Waals surface area contributed by atoms with E-state index in [1.165, 1.54) is 17.3 Å². The number of benzene rings is 2. The molecule has 0 amide bonds. The first-order valence-corrected chi connectivity index (χ1v) is 9.32. The van der Waals surface area contributed by atoms with Crippen LogP contribution in [-0.2, 0) is 5.75 Å². The van der Waals surface area contributed by atoms with Crippen molar-refractivity contribution < 1.29 is 0 Å². The van der Waals surface area contributed by atoms with Crippen LogP contribution < -0.4 is 5.56 Å². The van der Waals surface area contributed by atoms with E-state index in [2.05, 4.69) is 11.1 Å². The zero-order chi connectivity index (χ0) is 17.9. The number of thioether (sulfide) groups is 1. The molecule has 0 saturated heterocycles. The monoisotopic (exact) mass is 359 g/mol. The molecule has 0 atom stereocenters. The Hall–Kier alpha value is -2.92. The highest BCUT2D eigenvalue weighted by Crippen LogP contribution is 2.24. The maximum Gasteiger partial charge on any atom is 0.266 e. The lowest BCUT2D eigenvalue weighted by atomic mass is 10.2. The van der Waals surface area contributed by atoms with Gasteiger partial charge in [-0.2, -0.15) is 0 Å². The van der Waals surface area contributed by atoms with Crippen LogP contribution in [0, 0.1) is 6.92 Å². The summed E-state index contributed by atoms with van der Waals surface area (Å²) in [5, 5.41) is 1.29. The van der Waals surface area contributed by atoms with E-state index in [9.17, 15) is 4.79 Å². The molecule has 0 fully saturated rings. The Morgan fingerprint density at radius 2 is 1.77 bits per heavy atom. The molecular weight excluding hydrogens is 342 g/mol. The summed E-state index contributed by atoms with van der Waals surface area (Å²) in [6, 6.07) is 21.1. The first-order chi connectivity index (χ1) is 12.7. The predicted molar refractivity (Wildman–Crippen MR) is 106 cm³/mol. The van der Waals surface area contributed by atoms with Gasteiger partial charge < -0.3 is 0 Å². The van der Waals surface area contributed by atoms with Crippen molar-refractivity contribution in [2.45, 2.75) is 17.8 Å². The molecule has 2 heterocycles. The molecule has 4 rings (SSSR count). The van der Waals surface area contributed by atoms with Crippen LogP contribution in [0.3, 0.4) is 0 Å². The predicted octanol–water partition coefficient (Wildman–Crippen LogP) is 4.38. The van der Waals surface area contributed by atoms with Gasteiger partial charge in [0, 0.05) is 11.9 Å². The first-order valence-electron chi connectivity index (χ1n) is 8.34. The fourth-order valence-corrected chi connectivity index (χ4v) is 3.75. The molecule has 2 aromatic carbocycles. The van der Waals surface area contributed by atoms with Crippen LogP contribution in [0.15, 0.2) is 82.9 Å². The van der Waals surface area contributed by atoms with Crippen molar-refractivity contribution in [1.29, 1.82) is 0 Å². The second kappa shape index (κ2) is 7.14. The Balaban J connectivity index is 1.83. The van der Waals surface area contributed by atoms with E-state index >= 15 is 0 Å². The topological polar surface area (TPSA) is 47.8 Å². The minimum Gasteiger partial charge on any atom is -0.268 e. The zero-order valence-corrected chi connectivity index (χ0v) is 15.1. The molecule has 0 saturated carbocycles. The maximum absolute atomic E-state index is 13.1. The van der Waals surface area contributed by atoms with Crippen LogP contribution >= 0.6 is 11.8 Å². The summed E-state index contributed by atoms with van der Waals surface area (Å²) in [6.07, 6.45) is 1.81. The molecule has 2 aromatic heterocycles. The number of hydrogen-bond acceptors (Lipinski definition) is 4. The van der Waals surface area contributed by atoms with E-state index in [0.717, 1.165) is 11.4 Å². The average Bonchev–Trinajstić information content (AvgIpc) is 2.67. The van der Waals surface area contributed by atoms with Crippen molar-refractivity contribution in [2.24, 2.45) is 0 Å². The molecule has 0 aliphatic heterocycles. The fraction of sp³-hybridized carbons (Fsp3) is 0.0952. The van der Waals surface area contributed by atoms with Gasteiger partial charge in [-0.05, 0) is 48.9 Å². The largest absolute Gasteiger partial charge is 0.268 e. The SMILES string of the molecule is Cc1ccnc(CSc2nc3ccccc3c(=O)n2-c2ccccc2)c1. The molecule has 0 bridgehead atoms. The van der Waals surface area contributed by atoms with Gasteiger partial charge in [-0.25, -0.2) is 4.98 Å². The summed E-state index contributed by atoms with van der Waals surface area (Å²) in [6.45, 7) is 2.05. The highest BCUT2D eigenvalue weighted by Gasteiger charge is 2.13. The Labute approximate surface area is 155 Å². The summed E-state index contributed by atoms with van der Waals surface area (Å²) in [5.41, 5.74) is 3.61. The summed E-state index contributed by atoms with van der Waals surface area (Å²) < 4.78 is 1.68. The van der Waals surface area contributed by atoms with Crippen molar-refractivity contribution in [3.8, 4) is 5.69 Å². The zero-order valence-electron chi connectivity index (χ0n) is 14.3. The van der Waals surface area contributed by atoms with Crippen LogP contribution in [0.2, 0.25) is 0 Å². The van der Waals surface area contributed by atoms with Crippen molar-refractivity contribution in [1.82, 2.24) is 14.5 Å². The van der Waals surface area contributed by atoms with E-state index < -0.39 is 0 Å². The fourth-order valence-electron chi connectivity index (χ4n) is 2.83. The van der Waals surface area contributed by atoms with E-state index in [4.69, 9.17) is 4.98 Å². The first kappa shape index (κ1) is 16.5. The van der Waals surface area contributed by atoms with Crippen LogP contribution in [0.1, 0.15) is 11.3 Å².